The maximum Gasteiger partial charge on any atom is 0.321 e. The highest BCUT2D eigenvalue weighted by Gasteiger charge is 2.27. The predicted molar refractivity (Wildman–Crippen MR) is 72.3 cm³/mol. The summed E-state index contributed by atoms with van der Waals surface area (Å²) in [5, 5.41) is 17.9. The Hall–Kier alpha value is -1.98. The second kappa shape index (κ2) is 6.65. The molecule has 2 N–H and O–H groups in total. The third-order valence-corrected chi connectivity index (χ3v) is 4.18. The summed E-state index contributed by atoms with van der Waals surface area (Å²) in [5.41, 5.74) is -0.379. The average Bonchev–Trinajstić information content (AvgIpc) is 2.36. The largest absolute Gasteiger partial charge is 0.480 e. The van der Waals surface area contributed by atoms with Crippen LogP contribution in [0.5, 0.6) is 0 Å². The molecule has 1 aromatic carbocycles. The van der Waals surface area contributed by atoms with Crippen LogP contribution in [0.15, 0.2) is 23.1 Å². The quantitative estimate of drug-likeness (QED) is 0.827. The van der Waals surface area contributed by atoms with Gasteiger partial charge in [-0.05, 0) is 30.5 Å². The van der Waals surface area contributed by atoms with Crippen molar-refractivity contribution in [1.82, 2.24) is 4.72 Å². The van der Waals surface area contributed by atoms with Crippen molar-refractivity contribution >= 4 is 16.0 Å². The zero-order chi connectivity index (χ0) is 16.2. The minimum Gasteiger partial charge on any atom is -0.480 e. The van der Waals surface area contributed by atoms with E-state index in [0.29, 0.717) is 0 Å². The zero-order valence-electron chi connectivity index (χ0n) is 11.5. The lowest BCUT2D eigenvalue weighted by Gasteiger charge is -2.17. The summed E-state index contributed by atoms with van der Waals surface area (Å²) in [6.45, 7) is 3.51. The molecular formula is C13H15FN2O4S. The van der Waals surface area contributed by atoms with E-state index in [2.05, 4.69) is 0 Å². The highest BCUT2D eigenvalue weighted by molar-refractivity contribution is 7.89. The minimum atomic E-state index is -4.23. The molecule has 0 heterocycles. The van der Waals surface area contributed by atoms with E-state index in [1.54, 1.807) is 19.9 Å². The van der Waals surface area contributed by atoms with E-state index in [0.717, 1.165) is 18.2 Å². The summed E-state index contributed by atoms with van der Waals surface area (Å²) in [4.78, 5) is 10.7. The Morgan fingerprint density at radius 3 is 2.57 bits per heavy atom. The molecule has 8 heteroatoms. The molecular weight excluding hydrogens is 299 g/mol. The van der Waals surface area contributed by atoms with Crippen molar-refractivity contribution in [2.24, 2.45) is 5.92 Å². The number of carbonyl (C=O) groups is 1. The number of hydrogen-bond acceptors (Lipinski definition) is 4. The highest BCUT2D eigenvalue weighted by atomic mass is 32.2. The molecule has 0 bridgehead atoms. The number of sulfonamides is 1. The molecule has 0 saturated heterocycles. The van der Waals surface area contributed by atoms with E-state index in [-0.39, 0.29) is 17.9 Å². The van der Waals surface area contributed by atoms with E-state index in [1.165, 1.54) is 0 Å². The van der Waals surface area contributed by atoms with Crippen molar-refractivity contribution in [2.75, 3.05) is 0 Å². The van der Waals surface area contributed by atoms with Gasteiger partial charge >= 0.3 is 5.97 Å². The smallest absolute Gasteiger partial charge is 0.321 e. The number of nitriles is 1. The molecule has 114 valence electrons. The molecule has 0 aliphatic heterocycles. The maximum atomic E-state index is 13.0. The molecule has 0 spiro atoms. The van der Waals surface area contributed by atoms with Crippen molar-refractivity contribution in [3.63, 3.8) is 0 Å². The van der Waals surface area contributed by atoms with Gasteiger partial charge in [-0.25, -0.2) is 12.8 Å². The van der Waals surface area contributed by atoms with Crippen molar-refractivity contribution < 1.29 is 22.7 Å². The number of hydrogen-bond donors (Lipinski definition) is 2. The van der Waals surface area contributed by atoms with Crippen molar-refractivity contribution in [1.29, 1.82) is 5.26 Å². The molecule has 1 unspecified atom stereocenters. The molecule has 0 aliphatic carbocycles. The van der Waals surface area contributed by atoms with Crippen LogP contribution in [0.1, 0.15) is 25.8 Å². The normalized spacial score (nSPS) is 12.9. The van der Waals surface area contributed by atoms with Gasteiger partial charge < -0.3 is 5.11 Å². The van der Waals surface area contributed by atoms with Crippen LogP contribution in [0, 0.1) is 23.1 Å². The zero-order valence-corrected chi connectivity index (χ0v) is 12.3. The average molecular weight is 314 g/mol. The molecule has 1 aromatic rings. The Bertz CT molecular complexity index is 680. The third-order valence-electron chi connectivity index (χ3n) is 2.65. The lowest BCUT2D eigenvalue weighted by atomic mass is 10.1. The van der Waals surface area contributed by atoms with Crippen molar-refractivity contribution in [2.45, 2.75) is 31.2 Å². The van der Waals surface area contributed by atoms with Gasteiger partial charge in [0.15, 0.2) is 0 Å². The van der Waals surface area contributed by atoms with Gasteiger partial charge in [0.2, 0.25) is 10.0 Å². The molecule has 0 amide bonds. The Morgan fingerprint density at radius 2 is 2.10 bits per heavy atom. The van der Waals surface area contributed by atoms with Gasteiger partial charge in [-0.1, -0.05) is 13.8 Å². The molecule has 21 heavy (non-hydrogen) atoms. The number of benzene rings is 1. The van der Waals surface area contributed by atoms with Crippen LogP contribution in [0.2, 0.25) is 0 Å². The van der Waals surface area contributed by atoms with Gasteiger partial charge in [0.1, 0.15) is 17.9 Å². The van der Waals surface area contributed by atoms with Gasteiger partial charge in [-0.3, -0.25) is 4.79 Å². The maximum absolute atomic E-state index is 13.0. The van der Waals surface area contributed by atoms with Crippen LogP contribution >= 0.6 is 0 Å². The van der Waals surface area contributed by atoms with E-state index < -0.39 is 32.7 Å². The highest BCUT2D eigenvalue weighted by Crippen LogP contribution is 2.18. The topological polar surface area (TPSA) is 107 Å². The SMILES string of the molecule is CC(C)CC(NS(=O)(=O)c1ccc(F)cc1C#N)C(=O)O. The fourth-order valence-corrected chi connectivity index (χ4v) is 3.09. The molecule has 0 aliphatic rings. The van der Waals surface area contributed by atoms with Gasteiger partial charge in [0, 0.05) is 0 Å². The summed E-state index contributed by atoms with van der Waals surface area (Å²) in [5.74, 6) is -2.10. The first kappa shape index (κ1) is 17.1. The Kier molecular flexibility index (Phi) is 5.41. The number of nitrogens with one attached hydrogen (secondary N) is 1. The number of nitrogens with zero attached hydrogens (tertiary/aromatic N) is 1. The summed E-state index contributed by atoms with van der Waals surface area (Å²) in [7, 11) is -4.23. The van der Waals surface area contributed by atoms with E-state index in [1.807, 2.05) is 4.72 Å². The first-order valence-electron chi connectivity index (χ1n) is 6.12. The van der Waals surface area contributed by atoms with Gasteiger partial charge in [-0.2, -0.15) is 9.98 Å². The number of rotatable bonds is 6. The Morgan fingerprint density at radius 1 is 1.48 bits per heavy atom. The van der Waals surface area contributed by atoms with Gasteiger partial charge in [-0.15, -0.1) is 0 Å². The lowest BCUT2D eigenvalue weighted by molar-refractivity contribution is -0.139. The Balaban J connectivity index is 3.17. The second-order valence-electron chi connectivity index (χ2n) is 4.89. The number of carboxylic acid groups (broad SMARTS) is 1. The molecule has 6 nitrogen and oxygen atoms in total. The van der Waals surface area contributed by atoms with Crippen molar-refractivity contribution in [3.05, 3.63) is 29.6 Å². The molecule has 0 aromatic heterocycles. The first-order valence-corrected chi connectivity index (χ1v) is 7.60. The summed E-state index contributed by atoms with van der Waals surface area (Å²) < 4.78 is 39.4. The minimum absolute atomic E-state index is 0.0440. The molecule has 0 saturated carbocycles. The fourth-order valence-electron chi connectivity index (χ4n) is 1.75. The number of carboxylic acids is 1. The van der Waals surface area contributed by atoms with Crippen LogP contribution < -0.4 is 4.72 Å². The fraction of sp³-hybridized carbons (Fsp3) is 0.385. The Labute approximate surface area is 122 Å². The monoisotopic (exact) mass is 314 g/mol. The molecule has 1 rings (SSSR count). The number of aliphatic carboxylic acids is 1. The molecule has 1 atom stereocenters. The van der Waals surface area contributed by atoms with Crippen LogP contribution in [-0.4, -0.2) is 25.5 Å². The predicted octanol–water partition coefficient (Wildman–Crippen LogP) is 1.47. The lowest BCUT2D eigenvalue weighted by Crippen LogP contribution is -2.41. The first-order chi connectivity index (χ1) is 9.67. The van der Waals surface area contributed by atoms with Crippen LogP contribution in [-0.2, 0) is 14.8 Å². The van der Waals surface area contributed by atoms with Gasteiger partial charge in [0.05, 0.1) is 10.5 Å². The van der Waals surface area contributed by atoms with E-state index >= 15 is 0 Å². The summed E-state index contributed by atoms with van der Waals surface area (Å²) in [6.07, 6.45) is 0.0949. The molecule has 0 radical (unpaired) electrons. The van der Waals surface area contributed by atoms with Crippen LogP contribution in [0.25, 0.3) is 0 Å². The summed E-state index contributed by atoms with van der Waals surface area (Å²) in [6, 6.07) is 2.88. The third kappa shape index (κ3) is 4.51. The second-order valence-corrected chi connectivity index (χ2v) is 6.58. The van der Waals surface area contributed by atoms with Crippen molar-refractivity contribution in [3.8, 4) is 6.07 Å². The number of halogens is 1. The van der Waals surface area contributed by atoms with Crippen LogP contribution in [0.3, 0.4) is 0 Å². The summed E-state index contributed by atoms with van der Waals surface area (Å²) >= 11 is 0. The van der Waals surface area contributed by atoms with Gasteiger partial charge in [0.25, 0.3) is 0 Å². The standard InChI is InChI=1S/C13H15FN2O4S/c1-8(2)5-11(13(17)18)16-21(19,20)12-4-3-10(14)6-9(12)7-15/h3-4,6,8,11,16H,5H2,1-2H3,(H,17,18). The van der Waals surface area contributed by atoms with Crippen LogP contribution in [0.4, 0.5) is 4.39 Å². The van der Waals surface area contributed by atoms with E-state index in [4.69, 9.17) is 10.4 Å². The van der Waals surface area contributed by atoms with E-state index in [9.17, 15) is 17.6 Å². The molecule has 0 fully saturated rings.